The molecule has 3 heteroatoms. The zero-order valence-electron chi connectivity index (χ0n) is 9.34. The van der Waals surface area contributed by atoms with Crippen molar-refractivity contribution in [3.05, 3.63) is 0 Å². The van der Waals surface area contributed by atoms with E-state index in [1.807, 2.05) is 18.7 Å². The van der Waals surface area contributed by atoms with E-state index >= 15 is 0 Å². The zero-order valence-corrected chi connectivity index (χ0v) is 9.34. The SMILES string of the molecule is CC.CN(C)C(=O)N1CCCCC1. The molecular formula is C10H22N2O. The Hall–Kier alpha value is -0.730. The van der Waals surface area contributed by atoms with Crippen LogP contribution in [-0.2, 0) is 0 Å². The van der Waals surface area contributed by atoms with Gasteiger partial charge >= 0.3 is 6.03 Å². The van der Waals surface area contributed by atoms with Gasteiger partial charge in [-0.05, 0) is 19.3 Å². The first-order valence-electron chi connectivity index (χ1n) is 5.18. The summed E-state index contributed by atoms with van der Waals surface area (Å²) in [7, 11) is 3.61. The van der Waals surface area contributed by atoms with Gasteiger partial charge in [-0.2, -0.15) is 0 Å². The van der Waals surface area contributed by atoms with Crippen molar-refractivity contribution < 1.29 is 4.79 Å². The van der Waals surface area contributed by atoms with Gasteiger partial charge in [-0.3, -0.25) is 0 Å². The minimum absolute atomic E-state index is 0.157. The lowest BCUT2D eigenvalue weighted by atomic mass is 10.1. The Morgan fingerprint density at radius 1 is 1.08 bits per heavy atom. The molecule has 0 atom stereocenters. The van der Waals surface area contributed by atoms with Crippen molar-refractivity contribution in [1.29, 1.82) is 0 Å². The second-order valence-electron chi connectivity index (χ2n) is 3.22. The highest BCUT2D eigenvalue weighted by molar-refractivity contribution is 5.73. The molecule has 0 aromatic carbocycles. The zero-order chi connectivity index (χ0) is 10.3. The molecule has 0 bridgehead atoms. The second kappa shape index (κ2) is 6.75. The van der Waals surface area contributed by atoms with E-state index in [4.69, 9.17) is 0 Å². The second-order valence-corrected chi connectivity index (χ2v) is 3.22. The predicted octanol–water partition coefficient (Wildman–Crippen LogP) is 2.18. The number of hydrogen-bond acceptors (Lipinski definition) is 1. The van der Waals surface area contributed by atoms with Crippen LogP contribution in [0.5, 0.6) is 0 Å². The summed E-state index contributed by atoms with van der Waals surface area (Å²) in [5.41, 5.74) is 0. The van der Waals surface area contributed by atoms with Crippen LogP contribution in [0.3, 0.4) is 0 Å². The molecule has 13 heavy (non-hydrogen) atoms. The van der Waals surface area contributed by atoms with Gasteiger partial charge in [0.25, 0.3) is 0 Å². The molecule has 0 saturated carbocycles. The molecule has 2 amide bonds. The van der Waals surface area contributed by atoms with Crippen LogP contribution in [-0.4, -0.2) is 43.0 Å². The van der Waals surface area contributed by atoms with Gasteiger partial charge in [0.15, 0.2) is 0 Å². The lowest BCUT2D eigenvalue weighted by Crippen LogP contribution is -2.42. The summed E-state index contributed by atoms with van der Waals surface area (Å²) in [6, 6.07) is 0.157. The Morgan fingerprint density at radius 2 is 1.54 bits per heavy atom. The van der Waals surface area contributed by atoms with Gasteiger partial charge in [0, 0.05) is 27.2 Å². The molecule has 1 aliphatic rings. The highest BCUT2D eigenvalue weighted by Gasteiger charge is 2.16. The smallest absolute Gasteiger partial charge is 0.319 e. The van der Waals surface area contributed by atoms with Crippen LogP contribution in [0.15, 0.2) is 0 Å². The Kier molecular flexibility index (Phi) is 6.37. The summed E-state index contributed by atoms with van der Waals surface area (Å²) in [5, 5.41) is 0. The van der Waals surface area contributed by atoms with Crippen molar-refractivity contribution in [2.24, 2.45) is 0 Å². The number of urea groups is 1. The number of nitrogens with zero attached hydrogens (tertiary/aromatic N) is 2. The standard InChI is InChI=1S/C8H16N2O.C2H6/c1-9(2)8(11)10-6-4-3-5-7-10;1-2/h3-7H2,1-2H3;1-2H3. The van der Waals surface area contributed by atoms with Crippen molar-refractivity contribution in [2.45, 2.75) is 33.1 Å². The van der Waals surface area contributed by atoms with Gasteiger partial charge in [-0.25, -0.2) is 4.79 Å². The maximum atomic E-state index is 11.3. The minimum atomic E-state index is 0.157. The Bertz CT molecular complexity index is 140. The average Bonchev–Trinajstić information content (AvgIpc) is 2.21. The maximum Gasteiger partial charge on any atom is 0.319 e. The fourth-order valence-electron chi connectivity index (χ4n) is 1.37. The first-order chi connectivity index (χ1) is 6.22. The molecule has 1 heterocycles. The molecule has 0 aromatic heterocycles. The Morgan fingerprint density at radius 3 is 1.92 bits per heavy atom. The van der Waals surface area contributed by atoms with E-state index in [1.165, 1.54) is 19.3 Å². The van der Waals surface area contributed by atoms with E-state index in [-0.39, 0.29) is 6.03 Å². The van der Waals surface area contributed by atoms with E-state index in [9.17, 15) is 4.79 Å². The third-order valence-corrected chi connectivity index (χ3v) is 2.01. The number of likely N-dealkylation sites (tertiary alicyclic amines) is 1. The fraction of sp³-hybridized carbons (Fsp3) is 0.900. The largest absolute Gasteiger partial charge is 0.331 e. The topological polar surface area (TPSA) is 23.6 Å². The number of carbonyl (C=O) groups excluding carboxylic acids is 1. The summed E-state index contributed by atoms with van der Waals surface area (Å²) in [6.07, 6.45) is 3.61. The molecule has 0 aromatic rings. The van der Waals surface area contributed by atoms with Crippen LogP contribution in [0.2, 0.25) is 0 Å². The van der Waals surface area contributed by atoms with E-state index in [1.54, 1.807) is 19.0 Å². The normalized spacial score (nSPS) is 15.8. The molecule has 1 aliphatic heterocycles. The minimum Gasteiger partial charge on any atom is -0.331 e. The van der Waals surface area contributed by atoms with Gasteiger partial charge in [0.1, 0.15) is 0 Å². The Labute approximate surface area is 81.7 Å². The Balaban J connectivity index is 0.000000671. The van der Waals surface area contributed by atoms with Crippen LogP contribution in [0, 0.1) is 0 Å². The molecule has 1 saturated heterocycles. The van der Waals surface area contributed by atoms with Gasteiger partial charge in [-0.15, -0.1) is 0 Å². The van der Waals surface area contributed by atoms with Gasteiger partial charge < -0.3 is 9.80 Å². The monoisotopic (exact) mass is 186 g/mol. The molecule has 0 spiro atoms. The number of carbonyl (C=O) groups is 1. The summed E-state index contributed by atoms with van der Waals surface area (Å²) >= 11 is 0. The molecule has 3 nitrogen and oxygen atoms in total. The van der Waals surface area contributed by atoms with Crippen LogP contribution in [0.25, 0.3) is 0 Å². The van der Waals surface area contributed by atoms with Crippen molar-refractivity contribution in [2.75, 3.05) is 27.2 Å². The molecule has 0 aliphatic carbocycles. The van der Waals surface area contributed by atoms with Gasteiger partial charge in [-0.1, -0.05) is 13.8 Å². The van der Waals surface area contributed by atoms with Crippen LogP contribution in [0.1, 0.15) is 33.1 Å². The molecule has 0 radical (unpaired) electrons. The van der Waals surface area contributed by atoms with Crippen molar-refractivity contribution in [3.8, 4) is 0 Å². The molecule has 1 rings (SSSR count). The predicted molar refractivity (Wildman–Crippen MR) is 55.9 cm³/mol. The van der Waals surface area contributed by atoms with Crippen LogP contribution in [0.4, 0.5) is 4.79 Å². The van der Waals surface area contributed by atoms with E-state index in [2.05, 4.69) is 0 Å². The molecule has 1 fully saturated rings. The summed E-state index contributed by atoms with van der Waals surface area (Å²) in [5.74, 6) is 0. The van der Waals surface area contributed by atoms with Crippen molar-refractivity contribution in [3.63, 3.8) is 0 Å². The molecule has 78 valence electrons. The quantitative estimate of drug-likeness (QED) is 0.569. The first-order valence-corrected chi connectivity index (χ1v) is 5.18. The molecule has 0 N–H and O–H groups in total. The highest BCUT2D eigenvalue weighted by atomic mass is 16.2. The molecule has 0 unspecified atom stereocenters. The third kappa shape index (κ3) is 4.15. The number of hydrogen-bond donors (Lipinski definition) is 0. The molecular weight excluding hydrogens is 164 g/mol. The number of piperidine rings is 1. The lowest BCUT2D eigenvalue weighted by Gasteiger charge is -2.29. The van der Waals surface area contributed by atoms with E-state index < -0.39 is 0 Å². The van der Waals surface area contributed by atoms with E-state index in [0.29, 0.717) is 0 Å². The van der Waals surface area contributed by atoms with Crippen molar-refractivity contribution in [1.82, 2.24) is 9.80 Å². The average molecular weight is 186 g/mol. The lowest BCUT2D eigenvalue weighted by molar-refractivity contribution is 0.160. The summed E-state index contributed by atoms with van der Waals surface area (Å²) < 4.78 is 0. The van der Waals surface area contributed by atoms with E-state index in [0.717, 1.165) is 13.1 Å². The number of amides is 2. The fourth-order valence-corrected chi connectivity index (χ4v) is 1.37. The van der Waals surface area contributed by atoms with Crippen LogP contribution >= 0.6 is 0 Å². The summed E-state index contributed by atoms with van der Waals surface area (Å²) in [4.78, 5) is 14.9. The summed E-state index contributed by atoms with van der Waals surface area (Å²) in [6.45, 7) is 5.88. The van der Waals surface area contributed by atoms with Gasteiger partial charge in [0.05, 0.1) is 0 Å². The van der Waals surface area contributed by atoms with Crippen LogP contribution < -0.4 is 0 Å². The maximum absolute atomic E-state index is 11.3. The number of rotatable bonds is 0. The van der Waals surface area contributed by atoms with Crippen molar-refractivity contribution >= 4 is 6.03 Å². The van der Waals surface area contributed by atoms with Gasteiger partial charge in [0.2, 0.25) is 0 Å². The highest BCUT2D eigenvalue weighted by Crippen LogP contribution is 2.09. The first kappa shape index (κ1) is 12.3. The third-order valence-electron chi connectivity index (χ3n) is 2.01.